The van der Waals surface area contributed by atoms with E-state index in [0.717, 1.165) is 6.42 Å². The molecule has 0 aliphatic rings. The summed E-state index contributed by atoms with van der Waals surface area (Å²) < 4.78 is 10.1. The number of hydrogen-bond donors (Lipinski definition) is 2. The summed E-state index contributed by atoms with van der Waals surface area (Å²) in [5.74, 6) is -0.541. The lowest BCUT2D eigenvalue weighted by Gasteiger charge is -2.24. The highest BCUT2D eigenvalue weighted by molar-refractivity contribution is 8.77. The zero-order valence-corrected chi connectivity index (χ0v) is 21.3. The summed E-state index contributed by atoms with van der Waals surface area (Å²) in [5.41, 5.74) is -0.649. The van der Waals surface area contributed by atoms with Gasteiger partial charge in [-0.1, -0.05) is 55.7 Å². The summed E-state index contributed by atoms with van der Waals surface area (Å²) in [4.78, 5) is 36.4. The van der Waals surface area contributed by atoms with Crippen LogP contribution in [0.2, 0.25) is 0 Å². The SMILES string of the molecule is C[C@@H](CCCCNC(=O)[C@H](CSSC(C)(C)C)NC(=O)OC(C)(C)C)C(=O)OCC#N. The first-order chi connectivity index (χ1) is 14.2. The molecule has 0 radical (unpaired) electrons. The number of alkyl carbamates (subject to hydrolysis) is 1. The molecular formula is C21H37N3O5S2. The minimum absolute atomic E-state index is 0.0304. The number of nitriles is 1. The van der Waals surface area contributed by atoms with Gasteiger partial charge in [-0.2, -0.15) is 5.26 Å². The Morgan fingerprint density at radius 2 is 1.74 bits per heavy atom. The average molecular weight is 476 g/mol. The van der Waals surface area contributed by atoms with Crippen molar-refractivity contribution in [2.24, 2.45) is 5.92 Å². The Balaban J connectivity index is 4.52. The van der Waals surface area contributed by atoms with E-state index in [0.29, 0.717) is 25.1 Å². The molecule has 0 aromatic carbocycles. The molecule has 0 aromatic heterocycles. The Kier molecular flexibility index (Phi) is 13.7. The van der Waals surface area contributed by atoms with Crippen LogP contribution in [0.5, 0.6) is 0 Å². The summed E-state index contributed by atoms with van der Waals surface area (Å²) >= 11 is 0. The Morgan fingerprint density at radius 1 is 1.10 bits per heavy atom. The van der Waals surface area contributed by atoms with E-state index in [1.54, 1.807) is 44.6 Å². The van der Waals surface area contributed by atoms with Crippen LogP contribution in [0.3, 0.4) is 0 Å². The number of nitrogens with one attached hydrogen (secondary N) is 2. The van der Waals surface area contributed by atoms with Gasteiger partial charge in [0.1, 0.15) is 17.7 Å². The van der Waals surface area contributed by atoms with Crippen LogP contribution in [-0.2, 0) is 19.1 Å². The van der Waals surface area contributed by atoms with E-state index in [1.165, 1.54) is 10.8 Å². The summed E-state index contributed by atoms with van der Waals surface area (Å²) in [6.45, 7) is 13.5. The summed E-state index contributed by atoms with van der Waals surface area (Å²) in [6.07, 6.45) is 1.39. The van der Waals surface area contributed by atoms with Crippen LogP contribution in [0.25, 0.3) is 0 Å². The van der Waals surface area contributed by atoms with Crippen LogP contribution in [-0.4, -0.2) is 53.3 Å². The molecule has 0 aliphatic carbocycles. The van der Waals surface area contributed by atoms with Gasteiger partial charge in [0.25, 0.3) is 0 Å². The normalized spacial score (nSPS) is 13.5. The van der Waals surface area contributed by atoms with Gasteiger partial charge in [0, 0.05) is 17.0 Å². The van der Waals surface area contributed by atoms with Crippen LogP contribution < -0.4 is 10.6 Å². The van der Waals surface area contributed by atoms with E-state index >= 15 is 0 Å². The van der Waals surface area contributed by atoms with Gasteiger partial charge in [-0.25, -0.2) is 4.79 Å². The van der Waals surface area contributed by atoms with Gasteiger partial charge >= 0.3 is 12.1 Å². The first kappa shape index (κ1) is 29.4. The van der Waals surface area contributed by atoms with Crippen LogP contribution in [0.15, 0.2) is 0 Å². The Hall–Kier alpha value is -1.60. The first-order valence-electron chi connectivity index (χ1n) is 10.4. The maximum Gasteiger partial charge on any atom is 0.408 e. The smallest absolute Gasteiger partial charge is 0.408 e. The van der Waals surface area contributed by atoms with Crippen molar-refractivity contribution in [2.45, 2.75) is 84.1 Å². The van der Waals surface area contributed by atoms with Crippen molar-refractivity contribution in [3.8, 4) is 6.07 Å². The van der Waals surface area contributed by atoms with Crippen molar-refractivity contribution in [3.63, 3.8) is 0 Å². The van der Waals surface area contributed by atoms with Gasteiger partial charge in [0.15, 0.2) is 6.61 Å². The third-order valence-corrected chi connectivity index (χ3v) is 6.94. The molecule has 0 heterocycles. The molecule has 0 spiro atoms. The molecule has 0 rings (SSSR count). The van der Waals surface area contributed by atoms with Crippen molar-refractivity contribution in [1.82, 2.24) is 10.6 Å². The fourth-order valence-electron chi connectivity index (χ4n) is 2.19. The molecule has 2 atom stereocenters. The number of amides is 2. The fraction of sp³-hybridized carbons (Fsp3) is 0.810. The van der Waals surface area contributed by atoms with E-state index in [-0.39, 0.29) is 29.1 Å². The van der Waals surface area contributed by atoms with Gasteiger partial charge < -0.3 is 20.1 Å². The molecule has 0 saturated carbocycles. The molecule has 10 heteroatoms. The molecular weight excluding hydrogens is 438 g/mol. The molecule has 2 amide bonds. The van der Waals surface area contributed by atoms with E-state index in [1.807, 2.05) is 0 Å². The number of carbonyl (C=O) groups is 3. The number of rotatable bonds is 12. The Labute approximate surface area is 194 Å². The van der Waals surface area contributed by atoms with Crippen molar-refractivity contribution in [1.29, 1.82) is 5.26 Å². The van der Waals surface area contributed by atoms with Gasteiger partial charge in [-0.05, 0) is 33.6 Å². The lowest BCUT2D eigenvalue weighted by Crippen LogP contribution is -2.49. The molecule has 0 aliphatic heterocycles. The molecule has 8 nitrogen and oxygen atoms in total. The quantitative estimate of drug-likeness (QED) is 0.247. The first-order valence-corrected chi connectivity index (χ1v) is 12.7. The third-order valence-electron chi connectivity index (χ3n) is 3.60. The van der Waals surface area contributed by atoms with E-state index in [4.69, 9.17) is 14.7 Å². The number of ether oxygens (including phenoxy) is 2. The standard InChI is InChI=1S/C21H37N3O5S2/c1-15(18(26)28-13-11-22)10-8-9-12-23-17(25)16(14-30-31-21(5,6)7)24-19(27)29-20(2,3)4/h15-16H,8-10,12-14H2,1-7H3,(H,23,25)(H,24,27)/t15-,16-/m0/s1. The highest BCUT2D eigenvalue weighted by atomic mass is 33.1. The molecule has 2 N–H and O–H groups in total. The number of nitrogens with zero attached hydrogens (tertiary/aromatic N) is 1. The molecule has 178 valence electrons. The second-order valence-electron chi connectivity index (χ2n) is 9.13. The predicted molar refractivity (Wildman–Crippen MR) is 126 cm³/mol. The zero-order chi connectivity index (χ0) is 24.1. The second kappa shape index (κ2) is 14.5. The topological polar surface area (TPSA) is 118 Å². The molecule has 0 fully saturated rings. The van der Waals surface area contributed by atoms with Crippen LogP contribution in [0.4, 0.5) is 4.79 Å². The lowest BCUT2D eigenvalue weighted by atomic mass is 10.0. The predicted octanol–water partition coefficient (Wildman–Crippen LogP) is 4.05. The van der Waals surface area contributed by atoms with Gasteiger partial charge in [-0.15, -0.1) is 0 Å². The third kappa shape index (κ3) is 16.7. The number of hydrogen-bond acceptors (Lipinski definition) is 8. The Morgan fingerprint density at radius 3 is 2.29 bits per heavy atom. The van der Waals surface area contributed by atoms with E-state index < -0.39 is 17.7 Å². The number of unbranched alkanes of at least 4 members (excludes halogenated alkanes) is 1. The second-order valence-corrected chi connectivity index (χ2v) is 12.3. The van der Waals surface area contributed by atoms with Crippen molar-refractivity contribution >= 4 is 39.6 Å². The van der Waals surface area contributed by atoms with Crippen LogP contribution in [0.1, 0.15) is 67.7 Å². The minimum atomic E-state index is -0.713. The number of carbonyl (C=O) groups excluding carboxylic acids is 3. The lowest BCUT2D eigenvalue weighted by molar-refractivity contribution is -0.146. The Bertz CT molecular complexity index is 624. The van der Waals surface area contributed by atoms with E-state index in [9.17, 15) is 14.4 Å². The maximum atomic E-state index is 12.6. The van der Waals surface area contributed by atoms with Gasteiger partial charge in [0.2, 0.25) is 5.91 Å². The van der Waals surface area contributed by atoms with Crippen molar-refractivity contribution in [3.05, 3.63) is 0 Å². The van der Waals surface area contributed by atoms with Gasteiger partial charge in [-0.3, -0.25) is 9.59 Å². The van der Waals surface area contributed by atoms with E-state index in [2.05, 4.69) is 31.4 Å². The minimum Gasteiger partial charge on any atom is -0.450 e. The highest BCUT2D eigenvalue weighted by Crippen LogP contribution is 2.35. The zero-order valence-electron chi connectivity index (χ0n) is 19.7. The van der Waals surface area contributed by atoms with Crippen molar-refractivity contribution < 1.29 is 23.9 Å². The van der Waals surface area contributed by atoms with Crippen LogP contribution in [0, 0.1) is 17.2 Å². The molecule has 31 heavy (non-hydrogen) atoms. The largest absolute Gasteiger partial charge is 0.450 e. The average Bonchev–Trinajstić information content (AvgIpc) is 2.62. The van der Waals surface area contributed by atoms with Crippen molar-refractivity contribution in [2.75, 3.05) is 18.9 Å². The fourth-order valence-corrected chi connectivity index (χ4v) is 4.65. The summed E-state index contributed by atoms with van der Waals surface area (Å²) in [7, 11) is 3.17. The summed E-state index contributed by atoms with van der Waals surface area (Å²) in [5, 5.41) is 13.9. The van der Waals surface area contributed by atoms with Crippen LogP contribution >= 0.6 is 21.6 Å². The summed E-state index contributed by atoms with van der Waals surface area (Å²) in [6, 6.07) is 1.06. The molecule has 0 bridgehead atoms. The number of esters is 1. The molecule has 0 aromatic rings. The molecule has 0 saturated heterocycles. The highest BCUT2D eigenvalue weighted by Gasteiger charge is 2.25. The monoisotopic (exact) mass is 475 g/mol. The maximum absolute atomic E-state index is 12.6. The molecule has 0 unspecified atom stereocenters. The van der Waals surface area contributed by atoms with Gasteiger partial charge in [0.05, 0.1) is 5.92 Å².